The number of aryl methyl sites for hydroxylation is 1. The Hall–Kier alpha value is -1.21. The average Bonchev–Trinajstić information content (AvgIpc) is 2.93. The largest absolute Gasteiger partial charge is 0.392 e. The van der Waals surface area contributed by atoms with Gasteiger partial charge in [0.1, 0.15) is 0 Å². The average molecular weight is 311 g/mol. The minimum atomic E-state index is -3.60. The van der Waals surface area contributed by atoms with Crippen LogP contribution < -0.4 is 4.72 Å². The van der Waals surface area contributed by atoms with Crippen LogP contribution in [0.5, 0.6) is 0 Å². The van der Waals surface area contributed by atoms with Gasteiger partial charge in [-0.05, 0) is 30.2 Å². The van der Waals surface area contributed by atoms with Crippen molar-refractivity contribution in [3.05, 3.63) is 51.7 Å². The molecule has 1 aromatic heterocycles. The Morgan fingerprint density at radius 3 is 2.50 bits per heavy atom. The molecule has 0 unspecified atom stereocenters. The number of aliphatic hydroxyl groups excluding tert-OH is 1. The summed E-state index contributed by atoms with van der Waals surface area (Å²) < 4.78 is 27.1. The summed E-state index contributed by atoms with van der Waals surface area (Å²) in [6.07, 6.45) is 0.949. The SMILES string of the molecule is CCc1ccc(CNS(=O)(=O)c2ccccc2CO)s1. The third-order valence-electron chi connectivity index (χ3n) is 2.93. The number of sulfonamides is 1. The summed E-state index contributed by atoms with van der Waals surface area (Å²) in [5.74, 6) is 0. The number of hydrogen-bond donors (Lipinski definition) is 2. The van der Waals surface area contributed by atoms with Crippen LogP contribution in [0.15, 0.2) is 41.3 Å². The van der Waals surface area contributed by atoms with Crippen molar-refractivity contribution in [1.29, 1.82) is 0 Å². The second-order valence-corrected chi connectivity index (χ2v) is 7.30. The Labute approximate surface area is 123 Å². The molecule has 0 amide bonds. The first-order chi connectivity index (χ1) is 9.56. The minimum absolute atomic E-state index is 0.134. The quantitative estimate of drug-likeness (QED) is 0.860. The number of rotatable bonds is 6. The van der Waals surface area contributed by atoms with Crippen molar-refractivity contribution in [3.63, 3.8) is 0 Å². The van der Waals surface area contributed by atoms with Crippen molar-refractivity contribution in [3.8, 4) is 0 Å². The number of aliphatic hydroxyl groups is 1. The molecule has 0 saturated heterocycles. The van der Waals surface area contributed by atoms with E-state index in [4.69, 9.17) is 0 Å². The van der Waals surface area contributed by atoms with Gasteiger partial charge in [-0.3, -0.25) is 0 Å². The zero-order valence-corrected chi connectivity index (χ0v) is 12.8. The highest BCUT2D eigenvalue weighted by atomic mass is 32.2. The molecule has 108 valence electrons. The normalized spacial score (nSPS) is 11.7. The molecule has 0 aliphatic rings. The van der Waals surface area contributed by atoms with Crippen molar-refractivity contribution < 1.29 is 13.5 Å². The first-order valence-corrected chi connectivity index (χ1v) is 8.63. The number of nitrogens with one attached hydrogen (secondary N) is 1. The van der Waals surface area contributed by atoms with Crippen LogP contribution in [-0.4, -0.2) is 13.5 Å². The molecule has 1 heterocycles. The molecule has 20 heavy (non-hydrogen) atoms. The first-order valence-electron chi connectivity index (χ1n) is 6.33. The lowest BCUT2D eigenvalue weighted by atomic mass is 10.2. The minimum Gasteiger partial charge on any atom is -0.392 e. The van der Waals surface area contributed by atoms with Crippen molar-refractivity contribution in [1.82, 2.24) is 4.72 Å². The molecule has 0 saturated carbocycles. The van der Waals surface area contributed by atoms with Gasteiger partial charge in [0.25, 0.3) is 0 Å². The smallest absolute Gasteiger partial charge is 0.241 e. The standard InChI is InChI=1S/C14H17NO3S2/c1-2-12-7-8-13(19-12)9-15-20(17,18)14-6-4-3-5-11(14)10-16/h3-8,15-16H,2,9-10H2,1H3. The van der Waals surface area contributed by atoms with Crippen molar-refractivity contribution >= 4 is 21.4 Å². The Bertz CT molecular complexity index is 677. The van der Waals surface area contributed by atoms with Crippen molar-refractivity contribution in [2.45, 2.75) is 31.4 Å². The van der Waals surface area contributed by atoms with E-state index in [0.29, 0.717) is 5.56 Å². The van der Waals surface area contributed by atoms with Gasteiger partial charge in [-0.1, -0.05) is 25.1 Å². The molecule has 2 aromatic rings. The van der Waals surface area contributed by atoms with Gasteiger partial charge in [0.2, 0.25) is 10.0 Å². The fourth-order valence-electron chi connectivity index (χ4n) is 1.85. The van der Waals surface area contributed by atoms with E-state index < -0.39 is 10.0 Å². The van der Waals surface area contributed by atoms with Crippen molar-refractivity contribution in [2.75, 3.05) is 0 Å². The zero-order valence-electron chi connectivity index (χ0n) is 11.2. The lowest BCUT2D eigenvalue weighted by molar-refractivity contribution is 0.278. The van der Waals surface area contributed by atoms with E-state index in [1.165, 1.54) is 10.9 Å². The van der Waals surface area contributed by atoms with Gasteiger partial charge < -0.3 is 5.11 Å². The van der Waals surface area contributed by atoms with Crippen LogP contribution in [0.1, 0.15) is 22.2 Å². The van der Waals surface area contributed by atoms with E-state index in [2.05, 4.69) is 11.6 Å². The summed E-state index contributed by atoms with van der Waals surface area (Å²) in [4.78, 5) is 2.34. The molecule has 0 fully saturated rings. The second kappa shape index (κ2) is 6.49. The van der Waals surface area contributed by atoms with Gasteiger partial charge in [0.15, 0.2) is 0 Å². The Morgan fingerprint density at radius 1 is 1.15 bits per heavy atom. The maximum absolute atomic E-state index is 12.2. The molecular formula is C14H17NO3S2. The van der Waals surface area contributed by atoms with Crippen LogP contribution in [0, 0.1) is 0 Å². The summed E-state index contributed by atoms with van der Waals surface area (Å²) >= 11 is 1.60. The van der Waals surface area contributed by atoms with Crippen LogP contribution in [0.3, 0.4) is 0 Å². The summed E-state index contributed by atoms with van der Waals surface area (Å²) in [5.41, 5.74) is 0.403. The molecule has 2 rings (SSSR count). The summed E-state index contributed by atoms with van der Waals surface area (Å²) in [6, 6.07) is 10.4. The van der Waals surface area contributed by atoms with Gasteiger partial charge in [0.05, 0.1) is 11.5 Å². The van der Waals surface area contributed by atoms with Crippen LogP contribution in [-0.2, 0) is 29.6 Å². The van der Waals surface area contributed by atoms with Gasteiger partial charge in [-0.25, -0.2) is 13.1 Å². The van der Waals surface area contributed by atoms with Crippen molar-refractivity contribution in [2.24, 2.45) is 0 Å². The molecule has 2 N–H and O–H groups in total. The fraction of sp³-hybridized carbons (Fsp3) is 0.286. The van der Waals surface area contributed by atoms with E-state index in [1.807, 2.05) is 12.1 Å². The van der Waals surface area contributed by atoms with Crippen LogP contribution in [0.4, 0.5) is 0 Å². The van der Waals surface area contributed by atoms with E-state index in [9.17, 15) is 13.5 Å². The number of thiophene rings is 1. The predicted octanol–water partition coefficient (Wildman–Crippen LogP) is 2.28. The van der Waals surface area contributed by atoms with E-state index >= 15 is 0 Å². The fourth-order valence-corrected chi connectivity index (χ4v) is 4.07. The Morgan fingerprint density at radius 2 is 1.85 bits per heavy atom. The molecule has 0 radical (unpaired) electrons. The molecule has 0 atom stereocenters. The molecule has 0 spiro atoms. The molecule has 4 nitrogen and oxygen atoms in total. The van der Waals surface area contributed by atoms with Crippen LogP contribution >= 0.6 is 11.3 Å². The molecule has 0 aliphatic carbocycles. The van der Waals surface area contributed by atoms with Gasteiger partial charge >= 0.3 is 0 Å². The summed E-state index contributed by atoms with van der Waals surface area (Å²) in [6.45, 7) is 2.04. The zero-order chi connectivity index (χ0) is 14.6. The van der Waals surface area contributed by atoms with Gasteiger partial charge in [0, 0.05) is 16.3 Å². The predicted molar refractivity (Wildman–Crippen MR) is 80.1 cm³/mol. The van der Waals surface area contributed by atoms with Gasteiger partial charge in [-0.15, -0.1) is 11.3 Å². The lowest BCUT2D eigenvalue weighted by Gasteiger charge is -2.09. The topological polar surface area (TPSA) is 66.4 Å². The first kappa shape index (κ1) is 15.2. The molecule has 0 bridgehead atoms. The highest BCUT2D eigenvalue weighted by Gasteiger charge is 2.17. The third kappa shape index (κ3) is 3.46. The van der Waals surface area contributed by atoms with Crippen LogP contribution in [0.25, 0.3) is 0 Å². The van der Waals surface area contributed by atoms with E-state index in [1.54, 1.807) is 29.5 Å². The highest BCUT2D eigenvalue weighted by Crippen LogP contribution is 2.19. The monoisotopic (exact) mass is 311 g/mol. The summed E-state index contributed by atoms with van der Waals surface area (Å²) in [7, 11) is -3.60. The molecule has 0 aliphatic heterocycles. The van der Waals surface area contributed by atoms with Crippen LogP contribution in [0.2, 0.25) is 0 Å². The van der Waals surface area contributed by atoms with E-state index in [0.717, 1.165) is 11.3 Å². The summed E-state index contributed by atoms with van der Waals surface area (Å²) in [5, 5.41) is 9.21. The molecule has 1 aromatic carbocycles. The maximum atomic E-state index is 12.2. The second-order valence-electron chi connectivity index (χ2n) is 4.31. The molecule has 6 heteroatoms. The highest BCUT2D eigenvalue weighted by molar-refractivity contribution is 7.89. The maximum Gasteiger partial charge on any atom is 0.241 e. The van der Waals surface area contributed by atoms with E-state index in [-0.39, 0.29) is 18.0 Å². The Kier molecular flexibility index (Phi) is 4.93. The Balaban J connectivity index is 2.15. The third-order valence-corrected chi connectivity index (χ3v) is 5.67. The number of benzene rings is 1. The lowest BCUT2D eigenvalue weighted by Crippen LogP contribution is -2.24. The van der Waals surface area contributed by atoms with Gasteiger partial charge in [-0.2, -0.15) is 0 Å². The number of hydrogen-bond acceptors (Lipinski definition) is 4. The molecular weight excluding hydrogens is 294 g/mol.